The number of aryl methyl sites for hydroxylation is 1. The number of nitrogens with two attached hydrogens (primary N) is 1. The molecule has 28 heavy (non-hydrogen) atoms. The second kappa shape index (κ2) is 9.23. The predicted molar refractivity (Wildman–Crippen MR) is 103 cm³/mol. The third-order valence-electron chi connectivity index (χ3n) is 3.94. The standard InChI is InChI=1S/C18H20ClN3O6/c1-10-8-11(5-6-12(10)19)27-7-3-4-14(24)28-9-13(23)15-16(20)22(2)18(26)21-17(15)25/h5-6,8H,3-4,7,9,20H2,1-2H3,(H,21,25,26). The molecule has 10 heteroatoms. The zero-order valence-corrected chi connectivity index (χ0v) is 16.2. The Hall–Kier alpha value is -3.07. The van der Waals surface area contributed by atoms with Gasteiger partial charge in [-0.2, -0.15) is 0 Å². The third kappa shape index (κ3) is 5.23. The number of nitrogens with one attached hydrogen (secondary N) is 1. The van der Waals surface area contributed by atoms with Crippen molar-refractivity contribution in [3.8, 4) is 5.75 Å². The summed E-state index contributed by atoms with van der Waals surface area (Å²) in [4.78, 5) is 49.0. The van der Waals surface area contributed by atoms with Gasteiger partial charge in [0.05, 0.1) is 6.61 Å². The van der Waals surface area contributed by atoms with Gasteiger partial charge in [0, 0.05) is 18.5 Å². The number of hydrogen-bond acceptors (Lipinski definition) is 7. The second-order valence-corrected chi connectivity index (χ2v) is 6.43. The number of carbonyl (C=O) groups is 2. The summed E-state index contributed by atoms with van der Waals surface area (Å²) in [6.07, 6.45) is 0.399. The summed E-state index contributed by atoms with van der Waals surface area (Å²) >= 11 is 5.93. The van der Waals surface area contributed by atoms with Gasteiger partial charge in [0.1, 0.15) is 17.1 Å². The summed E-state index contributed by atoms with van der Waals surface area (Å²) in [5, 5.41) is 0.638. The fraction of sp³-hybridized carbons (Fsp3) is 0.333. The van der Waals surface area contributed by atoms with Crippen molar-refractivity contribution in [3.63, 3.8) is 0 Å². The summed E-state index contributed by atoms with van der Waals surface area (Å²) in [7, 11) is 1.30. The average molecular weight is 410 g/mol. The minimum absolute atomic E-state index is 0.0268. The van der Waals surface area contributed by atoms with E-state index in [1.807, 2.05) is 11.9 Å². The van der Waals surface area contributed by atoms with Crippen molar-refractivity contribution in [3.05, 3.63) is 55.2 Å². The van der Waals surface area contributed by atoms with Crippen LogP contribution in [0.4, 0.5) is 5.82 Å². The van der Waals surface area contributed by atoms with Crippen LogP contribution in [0.1, 0.15) is 28.8 Å². The van der Waals surface area contributed by atoms with Crippen LogP contribution in [0.3, 0.4) is 0 Å². The first-order valence-electron chi connectivity index (χ1n) is 8.37. The van der Waals surface area contributed by atoms with Crippen LogP contribution < -0.4 is 21.7 Å². The lowest BCUT2D eigenvalue weighted by molar-refractivity contribution is -0.142. The van der Waals surface area contributed by atoms with Crippen molar-refractivity contribution >= 4 is 29.2 Å². The first kappa shape index (κ1) is 21.2. The van der Waals surface area contributed by atoms with Gasteiger partial charge in [-0.15, -0.1) is 0 Å². The van der Waals surface area contributed by atoms with Gasteiger partial charge >= 0.3 is 11.7 Å². The molecule has 0 aliphatic rings. The molecule has 0 unspecified atom stereocenters. The zero-order valence-electron chi connectivity index (χ0n) is 15.4. The van der Waals surface area contributed by atoms with Crippen molar-refractivity contribution in [2.45, 2.75) is 19.8 Å². The third-order valence-corrected chi connectivity index (χ3v) is 4.36. The van der Waals surface area contributed by atoms with Gasteiger partial charge in [0.25, 0.3) is 5.56 Å². The number of carbonyl (C=O) groups excluding carboxylic acids is 2. The molecular weight excluding hydrogens is 390 g/mol. The maximum Gasteiger partial charge on any atom is 0.329 e. The smallest absolute Gasteiger partial charge is 0.329 e. The molecule has 3 N–H and O–H groups in total. The van der Waals surface area contributed by atoms with Gasteiger partial charge in [0.2, 0.25) is 5.78 Å². The van der Waals surface area contributed by atoms with Crippen LogP contribution in [-0.2, 0) is 16.6 Å². The quantitative estimate of drug-likeness (QED) is 0.380. The number of ether oxygens (including phenoxy) is 2. The molecule has 0 fully saturated rings. The van der Waals surface area contributed by atoms with Gasteiger partial charge < -0.3 is 15.2 Å². The molecular formula is C18H20ClN3O6. The van der Waals surface area contributed by atoms with E-state index < -0.39 is 35.2 Å². The van der Waals surface area contributed by atoms with Crippen molar-refractivity contribution < 1.29 is 19.1 Å². The maximum absolute atomic E-state index is 12.1. The molecule has 0 spiro atoms. The minimum atomic E-state index is -0.923. The number of Topliss-reactive ketones (excluding diaryl/α,β-unsaturated/α-hetero) is 1. The van der Waals surface area contributed by atoms with E-state index in [4.69, 9.17) is 26.8 Å². The number of rotatable bonds is 8. The second-order valence-electron chi connectivity index (χ2n) is 6.03. The molecule has 0 saturated heterocycles. The molecule has 0 atom stereocenters. The van der Waals surface area contributed by atoms with E-state index >= 15 is 0 Å². The Labute approximate surface area is 165 Å². The molecule has 2 aromatic rings. The van der Waals surface area contributed by atoms with E-state index in [1.54, 1.807) is 18.2 Å². The average Bonchev–Trinajstić information content (AvgIpc) is 2.64. The largest absolute Gasteiger partial charge is 0.494 e. The number of anilines is 1. The van der Waals surface area contributed by atoms with Crippen LogP contribution in [0, 0.1) is 6.92 Å². The summed E-state index contributed by atoms with van der Waals surface area (Å²) in [6.45, 7) is 1.48. The van der Waals surface area contributed by atoms with Crippen molar-refractivity contribution in [1.82, 2.24) is 9.55 Å². The maximum atomic E-state index is 12.1. The molecule has 0 aliphatic heterocycles. The lowest BCUT2D eigenvalue weighted by Gasteiger charge is -2.09. The van der Waals surface area contributed by atoms with Crippen molar-refractivity contribution in [2.24, 2.45) is 7.05 Å². The number of halogens is 1. The van der Waals surface area contributed by atoms with E-state index in [9.17, 15) is 19.2 Å². The van der Waals surface area contributed by atoms with E-state index in [1.165, 1.54) is 7.05 Å². The highest BCUT2D eigenvalue weighted by Gasteiger charge is 2.19. The van der Waals surface area contributed by atoms with Gasteiger partial charge in [-0.05, 0) is 37.1 Å². The highest BCUT2D eigenvalue weighted by molar-refractivity contribution is 6.31. The van der Waals surface area contributed by atoms with Crippen LogP contribution >= 0.6 is 11.6 Å². The molecule has 0 aliphatic carbocycles. The zero-order chi connectivity index (χ0) is 20.8. The molecule has 0 saturated carbocycles. The molecule has 1 aromatic carbocycles. The van der Waals surface area contributed by atoms with E-state index in [-0.39, 0.29) is 18.8 Å². The topological polar surface area (TPSA) is 133 Å². The Kier molecular flexibility index (Phi) is 7.00. The Morgan fingerprint density at radius 3 is 2.68 bits per heavy atom. The Bertz CT molecular complexity index is 1010. The Balaban J connectivity index is 1.80. The number of esters is 1. The summed E-state index contributed by atoms with van der Waals surface area (Å²) in [5.74, 6) is -1.07. The molecule has 0 amide bonds. The normalized spacial score (nSPS) is 10.5. The van der Waals surface area contributed by atoms with Gasteiger partial charge in [-0.1, -0.05) is 11.6 Å². The molecule has 150 valence electrons. The summed E-state index contributed by atoms with van der Waals surface area (Å²) < 4.78 is 11.3. The number of aromatic nitrogens is 2. The number of H-pyrrole nitrogens is 1. The van der Waals surface area contributed by atoms with Crippen LogP contribution in [0.25, 0.3) is 0 Å². The highest BCUT2D eigenvalue weighted by atomic mass is 35.5. The molecule has 0 radical (unpaired) electrons. The number of hydrogen-bond donors (Lipinski definition) is 2. The monoisotopic (exact) mass is 409 g/mol. The van der Waals surface area contributed by atoms with E-state index in [2.05, 4.69) is 0 Å². The number of ketones is 1. The Morgan fingerprint density at radius 2 is 2.00 bits per heavy atom. The fourth-order valence-electron chi connectivity index (χ4n) is 2.31. The van der Waals surface area contributed by atoms with Crippen LogP contribution in [-0.4, -0.2) is 34.5 Å². The van der Waals surface area contributed by atoms with Crippen LogP contribution in [0.15, 0.2) is 27.8 Å². The van der Waals surface area contributed by atoms with Gasteiger partial charge in [-0.3, -0.25) is 23.9 Å². The van der Waals surface area contributed by atoms with E-state index in [0.717, 1.165) is 10.1 Å². The predicted octanol–water partition coefficient (Wildman–Crippen LogP) is 1.20. The van der Waals surface area contributed by atoms with E-state index in [0.29, 0.717) is 17.2 Å². The number of nitrogens with zero attached hydrogens (tertiary/aromatic N) is 1. The number of aromatic amines is 1. The molecule has 0 bridgehead atoms. The molecule has 9 nitrogen and oxygen atoms in total. The summed E-state index contributed by atoms with van der Waals surface area (Å²) in [6, 6.07) is 5.23. The van der Waals surface area contributed by atoms with Gasteiger partial charge in [0.15, 0.2) is 6.61 Å². The Morgan fingerprint density at radius 1 is 1.29 bits per heavy atom. The number of nitrogen functional groups attached to an aromatic ring is 1. The molecule has 1 heterocycles. The molecule has 2 rings (SSSR count). The lowest BCUT2D eigenvalue weighted by Crippen LogP contribution is -2.35. The first-order chi connectivity index (χ1) is 13.2. The SMILES string of the molecule is Cc1cc(OCCCC(=O)OCC(=O)c2c(N)n(C)c(=O)[nH]c2=O)ccc1Cl. The van der Waals surface area contributed by atoms with Crippen molar-refractivity contribution in [2.75, 3.05) is 18.9 Å². The van der Waals surface area contributed by atoms with Crippen LogP contribution in [0.2, 0.25) is 5.02 Å². The minimum Gasteiger partial charge on any atom is -0.494 e. The first-order valence-corrected chi connectivity index (χ1v) is 8.75. The van der Waals surface area contributed by atoms with Crippen molar-refractivity contribution in [1.29, 1.82) is 0 Å². The van der Waals surface area contributed by atoms with Gasteiger partial charge in [-0.25, -0.2) is 4.79 Å². The molecule has 1 aromatic heterocycles. The highest BCUT2D eigenvalue weighted by Crippen LogP contribution is 2.21. The van der Waals surface area contributed by atoms with Crippen LogP contribution in [0.5, 0.6) is 5.75 Å². The fourth-order valence-corrected chi connectivity index (χ4v) is 2.43. The summed E-state index contributed by atoms with van der Waals surface area (Å²) in [5.41, 5.74) is 4.41. The number of benzene rings is 1. The lowest BCUT2D eigenvalue weighted by atomic mass is 10.2.